The van der Waals surface area contributed by atoms with E-state index in [1.165, 1.54) is 15.6 Å². The molecule has 0 aliphatic heterocycles. The summed E-state index contributed by atoms with van der Waals surface area (Å²) in [4.78, 5) is 0. The van der Waals surface area contributed by atoms with Crippen molar-refractivity contribution in [2.75, 3.05) is 13.1 Å². The molecule has 17 heavy (non-hydrogen) atoms. The van der Waals surface area contributed by atoms with Crippen LogP contribution in [0.1, 0.15) is 12.8 Å². The van der Waals surface area contributed by atoms with Gasteiger partial charge in [-0.15, -0.1) is 17.8 Å². The summed E-state index contributed by atoms with van der Waals surface area (Å²) >= 11 is 4.49. The molecule has 1 saturated carbocycles. The third kappa shape index (κ3) is 3.10. The lowest BCUT2D eigenvalue weighted by Crippen LogP contribution is -2.32. The average molecular weight is 334 g/mol. The summed E-state index contributed by atoms with van der Waals surface area (Å²) in [5, 5.41) is 0. The summed E-state index contributed by atoms with van der Waals surface area (Å²) in [5.41, 5.74) is 0. The Morgan fingerprint density at radius 2 is 2.24 bits per heavy atom. The normalized spacial score (nSPS) is 16.1. The molecule has 0 aromatic carbocycles. The van der Waals surface area contributed by atoms with Crippen molar-refractivity contribution in [3.8, 4) is 12.3 Å². The predicted octanol–water partition coefficient (Wildman–Crippen LogP) is 2.54. The fraction of sp³-hybridized carbons (Fsp3) is 0.455. The zero-order valence-electron chi connectivity index (χ0n) is 9.10. The van der Waals surface area contributed by atoms with Crippen molar-refractivity contribution in [2.24, 2.45) is 5.92 Å². The van der Waals surface area contributed by atoms with Gasteiger partial charge in [-0.25, -0.2) is 8.42 Å². The van der Waals surface area contributed by atoms with Gasteiger partial charge in [-0.2, -0.15) is 4.31 Å². The molecular weight excluding hydrogens is 322 g/mol. The zero-order chi connectivity index (χ0) is 12.5. The van der Waals surface area contributed by atoms with Crippen LogP contribution in [0.2, 0.25) is 0 Å². The Labute approximate surface area is 114 Å². The van der Waals surface area contributed by atoms with Gasteiger partial charge in [0.1, 0.15) is 4.21 Å². The van der Waals surface area contributed by atoms with E-state index in [0.717, 1.165) is 16.6 Å². The number of sulfonamides is 1. The molecule has 0 amide bonds. The third-order valence-electron chi connectivity index (χ3n) is 2.57. The van der Waals surface area contributed by atoms with Crippen molar-refractivity contribution in [2.45, 2.75) is 17.1 Å². The Kier molecular flexibility index (Phi) is 3.93. The van der Waals surface area contributed by atoms with Crippen LogP contribution < -0.4 is 0 Å². The van der Waals surface area contributed by atoms with Crippen molar-refractivity contribution in [3.05, 3.63) is 15.9 Å². The minimum Gasteiger partial charge on any atom is -0.206 e. The lowest BCUT2D eigenvalue weighted by atomic mass is 10.4. The number of hydrogen-bond acceptors (Lipinski definition) is 3. The highest BCUT2D eigenvalue weighted by molar-refractivity contribution is 9.11. The van der Waals surface area contributed by atoms with E-state index in [2.05, 4.69) is 21.9 Å². The molecule has 6 heteroatoms. The van der Waals surface area contributed by atoms with Crippen LogP contribution >= 0.6 is 27.3 Å². The van der Waals surface area contributed by atoms with Crippen molar-refractivity contribution in [1.82, 2.24) is 4.31 Å². The van der Waals surface area contributed by atoms with Gasteiger partial charge in [0.2, 0.25) is 0 Å². The molecule has 0 spiro atoms. The van der Waals surface area contributed by atoms with E-state index >= 15 is 0 Å². The van der Waals surface area contributed by atoms with Crippen molar-refractivity contribution in [3.63, 3.8) is 0 Å². The maximum absolute atomic E-state index is 12.3. The van der Waals surface area contributed by atoms with Crippen LogP contribution in [-0.4, -0.2) is 25.8 Å². The minimum atomic E-state index is -3.42. The monoisotopic (exact) mass is 333 g/mol. The highest BCUT2D eigenvalue weighted by Gasteiger charge is 2.31. The first kappa shape index (κ1) is 13.1. The first-order valence-electron chi connectivity index (χ1n) is 5.23. The Hall–Kier alpha value is -0.350. The lowest BCUT2D eigenvalue weighted by Gasteiger charge is -2.18. The van der Waals surface area contributed by atoms with E-state index < -0.39 is 10.0 Å². The highest BCUT2D eigenvalue weighted by atomic mass is 79.9. The molecule has 1 aromatic heterocycles. The maximum Gasteiger partial charge on any atom is 0.253 e. The number of thiophene rings is 1. The molecule has 2 rings (SSSR count). The minimum absolute atomic E-state index is 0.147. The Bertz CT molecular complexity index is 540. The van der Waals surface area contributed by atoms with E-state index in [0.29, 0.717) is 16.7 Å². The first-order chi connectivity index (χ1) is 8.04. The average Bonchev–Trinajstić information content (AvgIpc) is 2.98. The van der Waals surface area contributed by atoms with Crippen molar-refractivity contribution < 1.29 is 8.42 Å². The summed E-state index contributed by atoms with van der Waals surface area (Å²) < 4.78 is 27.2. The molecule has 1 aromatic rings. The summed E-state index contributed by atoms with van der Waals surface area (Å²) in [6.07, 6.45) is 7.45. The van der Waals surface area contributed by atoms with Gasteiger partial charge in [0.25, 0.3) is 10.0 Å². The molecule has 1 aliphatic carbocycles. The molecule has 0 unspecified atom stereocenters. The Morgan fingerprint density at radius 1 is 1.53 bits per heavy atom. The molecule has 0 atom stereocenters. The molecule has 92 valence electrons. The quantitative estimate of drug-likeness (QED) is 0.776. The molecule has 0 N–H and O–H groups in total. The second-order valence-corrected chi connectivity index (χ2v) is 8.63. The van der Waals surface area contributed by atoms with Crippen molar-refractivity contribution >= 4 is 37.3 Å². The van der Waals surface area contributed by atoms with Gasteiger partial charge in [0.05, 0.1) is 10.3 Å². The van der Waals surface area contributed by atoms with Gasteiger partial charge in [-0.3, -0.25) is 0 Å². The summed E-state index contributed by atoms with van der Waals surface area (Å²) in [5.74, 6) is 2.91. The SMILES string of the molecule is C#CCN(CC1CC1)S(=O)(=O)c1ccc(Br)s1. The molecule has 0 saturated heterocycles. The largest absolute Gasteiger partial charge is 0.253 e. The number of nitrogens with zero attached hydrogens (tertiary/aromatic N) is 1. The van der Waals surface area contributed by atoms with E-state index in [-0.39, 0.29) is 6.54 Å². The van der Waals surface area contributed by atoms with Crippen LogP contribution in [-0.2, 0) is 10.0 Å². The highest BCUT2D eigenvalue weighted by Crippen LogP contribution is 2.33. The molecule has 3 nitrogen and oxygen atoms in total. The van der Waals surface area contributed by atoms with Crippen LogP contribution in [0.3, 0.4) is 0 Å². The second kappa shape index (κ2) is 5.11. The molecule has 0 radical (unpaired) electrons. The predicted molar refractivity (Wildman–Crippen MR) is 72.3 cm³/mol. The zero-order valence-corrected chi connectivity index (χ0v) is 12.3. The van der Waals surface area contributed by atoms with Crippen LogP contribution in [0.5, 0.6) is 0 Å². The number of terminal acetylenes is 1. The molecular formula is C11H12BrNO2S2. The van der Waals surface area contributed by atoms with Crippen molar-refractivity contribution in [1.29, 1.82) is 0 Å². The van der Waals surface area contributed by atoms with Gasteiger partial charge in [0.15, 0.2) is 0 Å². The Morgan fingerprint density at radius 3 is 2.71 bits per heavy atom. The van der Waals surface area contributed by atoms with E-state index in [1.807, 2.05) is 0 Å². The maximum atomic E-state index is 12.3. The third-order valence-corrected chi connectivity index (χ3v) is 6.47. The van der Waals surface area contributed by atoms with Crippen LogP contribution in [0.25, 0.3) is 0 Å². The summed E-state index contributed by atoms with van der Waals surface area (Å²) in [7, 11) is -3.42. The fourth-order valence-corrected chi connectivity index (χ4v) is 5.10. The van der Waals surface area contributed by atoms with E-state index in [9.17, 15) is 8.42 Å². The van der Waals surface area contributed by atoms with Crippen LogP contribution in [0.15, 0.2) is 20.1 Å². The second-order valence-electron chi connectivity index (χ2n) is 4.00. The van der Waals surface area contributed by atoms with E-state index in [4.69, 9.17) is 6.42 Å². The standard InChI is InChI=1S/C11H12BrNO2S2/c1-2-7-13(8-9-3-4-9)17(14,15)11-6-5-10(12)16-11/h1,5-6,9H,3-4,7-8H2. The summed E-state index contributed by atoms with van der Waals surface area (Å²) in [6.45, 7) is 0.691. The number of rotatable bonds is 5. The molecule has 0 bridgehead atoms. The van der Waals surface area contributed by atoms with Crippen LogP contribution in [0.4, 0.5) is 0 Å². The smallest absolute Gasteiger partial charge is 0.206 e. The lowest BCUT2D eigenvalue weighted by molar-refractivity contribution is 0.431. The van der Waals surface area contributed by atoms with Crippen LogP contribution in [0, 0.1) is 18.3 Å². The number of hydrogen-bond donors (Lipinski definition) is 0. The Balaban J connectivity index is 2.24. The van der Waals surface area contributed by atoms with Gasteiger partial charge in [-0.1, -0.05) is 5.92 Å². The summed E-state index contributed by atoms with van der Waals surface area (Å²) in [6, 6.07) is 3.35. The fourth-order valence-electron chi connectivity index (χ4n) is 1.50. The van der Waals surface area contributed by atoms with Gasteiger partial charge in [-0.05, 0) is 46.8 Å². The first-order valence-corrected chi connectivity index (χ1v) is 8.28. The molecule has 1 fully saturated rings. The van der Waals surface area contributed by atoms with Gasteiger partial charge >= 0.3 is 0 Å². The topological polar surface area (TPSA) is 37.4 Å². The molecule has 1 heterocycles. The number of halogens is 1. The van der Waals surface area contributed by atoms with Gasteiger partial charge in [0, 0.05) is 6.54 Å². The van der Waals surface area contributed by atoms with Gasteiger partial charge < -0.3 is 0 Å². The van der Waals surface area contributed by atoms with E-state index in [1.54, 1.807) is 12.1 Å². The molecule has 1 aliphatic rings.